The van der Waals surface area contributed by atoms with Crippen LogP contribution in [0, 0.1) is 11.6 Å². The minimum Gasteiger partial charge on any atom is -0.388 e. The first-order valence-electron chi connectivity index (χ1n) is 5.36. The van der Waals surface area contributed by atoms with Crippen LogP contribution in [0.15, 0.2) is 18.2 Å². The van der Waals surface area contributed by atoms with Gasteiger partial charge >= 0.3 is 0 Å². The lowest BCUT2D eigenvalue weighted by molar-refractivity contribution is 0.0569. The molecule has 92 valence electrons. The SMILES string of the molecule is CC1(O)CCN(C(=O)c2cc(F)ccc2F)C1. The molecule has 0 saturated carbocycles. The zero-order valence-electron chi connectivity index (χ0n) is 9.41. The molecule has 0 aromatic heterocycles. The van der Waals surface area contributed by atoms with Gasteiger partial charge in [-0.25, -0.2) is 8.78 Å². The van der Waals surface area contributed by atoms with E-state index in [4.69, 9.17) is 0 Å². The molecule has 0 aliphatic carbocycles. The van der Waals surface area contributed by atoms with Crippen molar-refractivity contribution in [3.8, 4) is 0 Å². The molecule has 1 unspecified atom stereocenters. The van der Waals surface area contributed by atoms with E-state index in [1.807, 2.05) is 0 Å². The Morgan fingerprint density at radius 1 is 1.47 bits per heavy atom. The third-order valence-corrected chi connectivity index (χ3v) is 2.90. The van der Waals surface area contributed by atoms with E-state index in [2.05, 4.69) is 0 Å². The molecule has 0 radical (unpaired) electrons. The Hall–Kier alpha value is -1.49. The summed E-state index contributed by atoms with van der Waals surface area (Å²) in [5.41, 5.74) is -1.23. The maximum atomic E-state index is 13.4. The van der Waals surface area contributed by atoms with Crippen molar-refractivity contribution in [3.05, 3.63) is 35.4 Å². The molecule has 1 aliphatic rings. The number of carbonyl (C=O) groups excluding carboxylic acids is 1. The molecule has 0 spiro atoms. The Kier molecular flexibility index (Phi) is 2.87. The molecular weight excluding hydrogens is 228 g/mol. The first-order chi connectivity index (χ1) is 7.89. The van der Waals surface area contributed by atoms with Gasteiger partial charge in [-0.1, -0.05) is 0 Å². The molecule has 2 rings (SSSR count). The summed E-state index contributed by atoms with van der Waals surface area (Å²) in [5, 5.41) is 9.72. The fraction of sp³-hybridized carbons (Fsp3) is 0.417. The van der Waals surface area contributed by atoms with Crippen LogP contribution < -0.4 is 0 Å². The number of likely N-dealkylation sites (tertiary alicyclic amines) is 1. The quantitative estimate of drug-likeness (QED) is 0.810. The number of aliphatic hydroxyl groups is 1. The third kappa shape index (κ3) is 2.44. The number of hydrogen-bond donors (Lipinski definition) is 1. The predicted octanol–water partition coefficient (Wildman–Crippen LogP) is 1.56. The topological polar surface area (TPSA) is 40.5 Å². The van der Waals surface area contributed by atoms with Gasteiger partial charge in [0, 0.05) is 13.1 Å². The maximum Gasteiger partial charge on any atom is 0.257 e. The third-order valence-electron chi connectivity index (χ3n) is 2.90. The highest BCUT2D eigenvalue weighted by Gasteiger charge is 2.35. The summed E-state index contributed by atoms with van der Waals surface area (Å²) in [6.07, 6.45) is 0.440. The highest BCUT2D eigenvalue weighted by Crippen LogP contribution is 2.23. The van der Waals surface area contributed by atoms with Gasteiger partial charge in [0.2, 0.25) is 0 Å². The summed E-state index contributed by atoms with van der Waals surface area (Å²) in [7, 11) is 0. The summed E-state index contributed by atoms with van der Waals surface area (Å²) < 4.78 is 26.3. The number of benzene rings is 1. The van der Waals surface area contributed by atoms with Crippen LogP contribution >= 0.6 is 0 Å². The minimum atomic E-state index is -0.945. The lowest BCUT2D eigenvalue weighted by atomic mass is 10.1. The molecule has 5 heteroatoms. The molecule has 1 fully saturated rings. The Bertz CT molecular complexity index is 460. The first-order valence-corrected chi connectivity index (χ1v) is 5.36. The van der Waals surface area contributed by atoms with E-state index in [0.29, 0.717) is 13.0 Å². The fourth-order valence-electron chi connectivity index (χ4n) is 1.95. The molecule has 1 aromatic rings. The normalized spacial score (nSPS) is 24.1. The number of carbonyl (C=O) groups is 1. The number of nitrogens with zero attached hydrogens (tertiary/aromatic N) is 1. The summed E-state index contributed by atoms with van der Waals surface area (Å²) in [6, 6.07) is 2.77. The van der Waals surface area contributed by atoms with Gasteiger partial charge in [0.1, 0.15) is 11.6 Å². The van der Waals surface area contributed by atoms with Crippen molar-refractivity contribution in [2.75, 3.05) is 13.1 Å². The van der Waals surface area contributed by atoms with Gasteiger partial charge in [-0.3, -0.25) is 4.79 Å². The van der Waals surface area contributed by atoms with Gasteiger partial charge in [-0.15, -0.1) is 0 Å². The van der Waals surface area contributed by atoms with E-state index < -0.39 is 23.1 Å². The van der Waals surface area contributed by atoms with Crippen LogP contribution in [0.25, 0.3) is 0 Å². The fourth-order valence-corrected chi connectivity index (χ4v) is 1.95. The molecule has 1 aromatic carbocycles. The highest BCUT2D eigenvalue weighted by molar-refractivity contribution is 5.94. The van der Waals surface area contributed by atoms with E-state index in [1.54, 1.807) is 6.92 Å². The highest BCUT2D eigenvalue weighted by atomic mass is 19.1. The molecule has 17 heavy (non-hydrogen) atoms. The van der Waals surface area contributed by atoms with Crippen molar-refractivity contribution in [2.24, 2.45) is 0 Å². The standard InChI is InChI=1S/C12H13F2NO2/c1-12(17)4-5-15(7-12)11(16)9-6-8(13)2-3-10(9)14/h2-3,6,17H,4-5,7H2,1H3. The minimum absolute atomic E-state index is 0.141. The molecule has 1 N–H and O–H groups in total. The van der Waals surface area contributed by atoms with Gasteiger partial charge in [0.25, 0.3) is 5.91 Å². The second-order valence-corrected chi connectivity index (χ2v) is 4.60. The molecule has 1 amide bonds. The molecule has 1 saturated heterocycles. The molecule has 1 aliphatic heterocycles. The van der Waals surface area contributed by atoms with Crippen LogP contribution in [0.4, 0.5) is 8.78 Å². The van der Waals surface area contributed by atoms with Crippen LogP contribution in [0.5, 0.6) is 0 Å². The summed E-state index contributed by atoms with van der Waals surface area (Å²) in [5.74, 6) is -1.98. The lowest BCUT2D eigenvalue weighted by Gasteiger charge is -2.19. The molecule has 3 nitrogen and oxygen atoms in total. The summed E-state index contributed by atoms with van der Waals surface area (Å²) >= 11 is 0. The first kappa shape index (κ1) is 12.0. The largest absolute Gasteiger partial charge is 0.388 e. The van der Waals surface area contributed by atoms with Gasteiger partial charge in [-0.05, 0) is 31.5 Å². The van der Waals surface area contributed by atoms with Crippen molar-refractivity contribution in [3.63, 3.8) is 0 Å². The Balaban J connectivity index is 2.23. The summed E-state index contributed by atoms with van der Waals surface area (Å²) in [6.45, 7) is 2.10. The number of amides is 1. The zero-order chi connectivity index (χ0) is 12.6. The second-order valence-electron chi connectivity index (χ2n) is 4.60. The van der Waals surface area contributed by atoms with E-state index >= 15 is 0 Å². The van der Waals surface area contributed by atoms with Gasteiger partial charge < -0.3 is 10.0 Å². The second kappa shape index (κ2) is 4.07. The van der Waals surface area contributed by atoms with Crippen molar-refractivity contribution in [1.82, 2.24) is 4.90 Å². The summed E-state index contributed by atoms with van der Waals surface area (Å²) in [4.78, 5) is 13.2. The molecular formula is C12H13F2NO2. The number of rotatable bonds is 1. The lowest BCUT2D eigenvalue weighted by Crippen LogP contribution is -2.34. The van der Waals surface area contributed by atoms with Crippen molar-refractivity contribution in [1.29, 1.82) is 0 Å². The van der Waals surface area contributed by atoms with Crippen LogP contribution in [-0.4, -0.2) is 34.6 Å². The smallest absolute Gasteiger partial charge is 0.257 e. The van der Waals surface area contributed by atoms with E-state index in [9.17, 15) is 18.7 Å². The van der Waals surface area contributed by atoms with Crippen LogP contribution in [0.1, 0.15) is 23.7 Å². The molecule has 1 heterocycles. The predicted molar refractivity (Wildman–Crippen MR) is 57.5 cm³/mol. The van der Waals surface area contributed by atoms with E-state index in [-0.39, 0.29) is 12.1 Å². The van der Waals surface area contributed by atoms with Crippen LogP contribution in [0.2, 0.25) is 0 Å². The Labute approximate surface area is 97.7 Å². The Morgan fingerprint density at radius 2 is 2.18 bits per heavy atom. The van der Waals surface area contributed by atoms with E-state index in [0.717, 1.165) is 18.2 Å². The maximum absolute atomic E-state index is 13.4. The number of halogens is 2. The number of hydrogen-bond acceptors (Lipinski definition) is 2. The average Bonchev–Trinajstić information content (AvgIpc) is 2.61. The number of β-amino-alcohol motifs (C(OH)–C–C–N with tert-alkyl or cyclic N) is 1. The van der Waals surface area contributed by atoms with Crippen molar-refractivity contribution in [2.45, 2.75) is 18.9 Å². The Morgan fingerprint density at radius 3 is 2.76 bits per heavy atom. The van der Waals surface area contributed by atoms with E-state index in [1.165, 1.54) is 4.90 Å². The monoisotopic (exact) mass is 241 g/mol. The van der Waals surface area contributed by atoms with Crippen molar-refractivity contribution < 1.29 is 18.7 Å². The molecule has 0 bridgehead atoms. The van der Waals surface area contributed by atoms with Gasteiger partial charge in [0.15, 0.2) is 0 Å². The van der Waals surface area contributed by atoms with Crippen LogP contribution in [-0.2, 0) is 0 Å². The molecule has 1 atom stereocenters. The van der Waals surface area contributed by atoms with Gasteiger partial charge in [0.05, 0.1) is 11.2 Å². The van der Waals surface area contributed by atoms with Gasteiger partial charge in [-0.2, -0.15) is 0 Å². The average molecular weight is 241 g/mol. The zero-order valence-corrected chi connectivity index (χ0v) is 9.41. The van der Waals surface area contributed by atoms with Crippen LogP contribution in [0.3, 0.4) is 0 Å². The van der Waals surface area contributed by atoms with Crippen molar-refractivity contribution >= 4 is 5.91 Å².